The second-order valence-electron chi connectivity index (χ2n) is 6.21. The average molecular weight is 336 g/mol. The zero-order chi connectivity index (χ0) is 17.5. The van der Waals surface area contributed by atoms with Crippen LogP contribution < -0.4 is 5.32 Å². The number of alkyl carbamates (subject to hydrolysis) is 1. The quantitative estimate of drug-likeness (QED) is 0.735. The molecule has 0 fully saturated rings. The second-order valence-corrected chi connectivity index (χ2v) is 6.21. The van der Waals surface area contributed by atoms with Crippen LogP contribution in [0.2, 0.25) is 0 Å². The van der Waals surface area contributed by atoms with Crippen molar-refractivity contribution in [3.05, 3.63) is 59.7 Å². The third kappa shape index (κ3) is 4.08. The number of rotatable bonds is 8. The van der Waals surface area contributed by atoms with Gasteiger partial charge in [-0.2, -0.15) is 0 Å². The van der Waals surface area contributed by atoms with Gasteiger partial charge in [-0.1, -0.05) is 55.0 Å². The molecule has 1 radical (unpaired) electrons. The fourth-order valence-corrected chi connectivity index (χ4v) is 3.34. The lowest BCUT2D eigenvalue weighted by Crippen LogP contribution is -2.27. The van der Waals surface area contributed by atoms with Crippen molar-refractivity contribution < 1.29 is 14.3 Å². The van der Waals surface area contributed by atoms with Crippen LogP contribution in [-0.2, 0) is 9.53 Å². The van der Waals surface area contributed by atoms with Crippen molar-refractivity contribution in [1.82, 2.24) is 5.32 Å². The number of amides is 1. The maximum atomic E-state index is 11.9. The van der Waals surface area contributed by atoms with Crippen LogP contribution in [-0.4, -0.2) is 25.5 Å². The topological polar surface area (TPSA) is 55.4 Å². The molecule has 25 heavy (non-hydrogen) atoms. The van der Waals surface area contributed by atoms with Gasteiger partial charge >= 0.3 is 6.09 Å². The first-order valence-corrected chi connectivity index (χ1v) is 8.75. The highest BCUT2D eigenvalue weighted by Crippen LogP contribution is 2.44. The molecule has 0 saturated carbocycles. The highest BCUT2D eigenvalue weighted by molar-refractivity contribution is 5.79. The summed E-state index contributed by atoms with van der Waals surface area (Å²) in [7, 11) is 0. The highest BCUT2D eigenvalue weighted by Gasteiger charge is 2.28. The number of hydrogen-bond donors (Lipinski definition) is 1. The minimum Gasteiger partial charge on any atom is -0.449 e. The van der Waals surface area contributed by atoms with Gasteiger partial charge in [0.2, 0.25) is 0 Å². The van der Waals surface area contributed by atoms with Crippen LogP contribution in [0, 0.1) is 0 Å². The van der Waals surface area contributed by atoms with Crippen LogP contribution in [0.25, 0.3) is 11.1 Å². The van der Waals surface area contributed by atoms with Gasteiger partial charge in [-0.25, -0.2) is 4.79 Å². The molecule has 3 rings (SSSR count). The van der Waals surface area contributed by atoms with E-state index in [1.54, 1.807) is 0 Å². The second kappa shape index (κ2) is 8.47. The van der Waals surface area contributed by atoms with Gasteiger partial charge in [-0.3, -0.25) is 4.79 Å². The van der Waals surface area contributed by atoms with E-state index in [2.05, 4.69) is 29.6 Å². The Bertz CT molecular complexity index is 696. The van der Waals surface area contributed by atoms with E-state index in [1.807, 2.05) is 30.6 Å². The van der Waals surface area contributed by atoms with Crippen molar-refractivity contribution in [2.24, 2.45) is 0 Å². The van der Waals surface area contributed by atoms with Gasteiger partial charge in [0.25, 0.3) is 0 Å². The Balaban J connectivity index is 1.53. The molecule has 1 amide bonds. The third-order valence-corrected chi connectivity index (χ3v) is 4.57. The van der Waals surface area contributed by atoms with Crippen LogP contribution in [0.15, 0.2) is 48.5 Å². The zero-order valence-corrected chi connectivity index (χ0v) is 14.2. The molecule has 1 aliphatic carbocycles. The van der Waals surface area contributed by atoms with Crippen molar-refractivity contribution in [3.63, 3.8) is 0 Å². The van der Waals surface area contributed by atoms with Crippen LogP contribution in [0.3, 0.4) is 0 Å². The van der Waals surface area contributed by atoms with Gasteiger partial charge in [-0.15, -0.1) is 0 Å². The lowest BCUT2D eigenvalue weighted by Gasteiger charge is -2.14. The minimum atomic E-state index is -0.385. The maximum absolute atomic E-state index is 11.9. The molecule has 0 unspecified atom stereocenters. The number of unbranched alkanes of at least 4 members (excludes halogenated alkanes) is 3. The van der Waals surface area contributed by atoms with Crippen LogP contribution in [0.5, 0.6) is 0 Å². The van der Waals surface area contributed by atoms with Crippen molar-refractivity contribution >= 4 is 12.4 Å². The van der Waals surface area contributed by atoms with E-state index in [-0.39, 0.29) is 12.0 Å². The van der Waals surface area contributed by atoms with E-state index in [4.69, 9.17) is 4.74 Å². The first kappa shape index (κ1) is 17.2. The Hall–Kier alpha value is -2.62. The smallest absolute Gasteiger partial charge is 0.407 e. The molecule has 0 spiro atoms. The summed E-state index contributed by atoms with van der Waals surface area (Å²) in [6, 6.07) is 16.6. The number of ether oxygens (including phenoxy) is 1. The van der Waals surface area contributed by atoms with Crippen molar-refractivity contribution in [2.45, 2.75) is 31.6 Å². The number of nitrogens with one attached hydrogen (secondary N) is 1. The van der Waals surface area contributed by atoms with Gasteiger partial charge < -0.3 is 10.1 Å². The van der Waals surface area contributed by atoms with Crippen molar-refractivity contribution in [1.29, 1.82) is 0 Å². The Labute approximate surface area is 148 Å². The SMILES string of the molecule is O=[C]CCCCCNC(=O)OCC1c2ccccc2-c2ccccc21. The number of carbonyl (C=O) groups is 1. The number of benzene rings is 2. The zero-order valence-electron chi connectivity index (χ0n) is 14.2. The Morgan fingerprint density at radius 3 is 2.24 bits per heavy atom. The van der Waals surface area contributed by atoms with E-state index >= 15 is 0 Å². The maximum Gasteiger partial charge on any atom is 0.407 e. The standard InChI is InChI=1S/C21H22NO3/c23-14-8-2-1-7-13-22-21(24)25-15-20-18-11-5-3-9-16(18)17-10-4-6-12-19(17)20/h3-6,9-12,20H,1-2,7-8,13,15H2,(H,22,24). The van der Waals surface area contributed by atoms with Crippen molar-refractivity contribution in [3.8, 4) is 11.1 Å². The predicted molar refractivity (Wildman–Crippen MR) is 97.2 cm³/mol. The van der Waals surface area contributed by atoms with Gasteiger partial charge in [-0.05, 0) is 35.1 Å². The molecule has 0 aliphatic heterocycles. The van der Waals surface area contributed by atoms with Gasteiger partial charge in [0, 0.05) is 18.9 Å². The fourth-order valence-electron chi connectivity index (χ4n) is 3.34. The molecule has 0 aromatic heterocycles. The molecule has 2 aromatic carbocycles. The molecule has 0 saturated heterocycles. The first-order valence-electron chi connectivity index (χ1n) is 8.75. The largest absolute Gasteiger partial charge is 0.449 e. The summed E-state index contributed by atoms with van der Waals surface area (Å²) in [5, 5.41) is 2.77. The lowest BCUT2D eigenvalue weighted by atomic mass is 9.98. The van der Waals surface area contributed by atoms with E-state index in [0.717, 1.165) is 19.3 Å². The molecule has 1 N–H and O–H groups in total. The number of fused-ring (bicyclic) bond motifs is 3. The third-order valence-electron chi connectivity index (χ3n) is 4.57. The van der Waals surface area contributed by atoms with E-state index in [1.165, 1.54) is 22.3 Å². The van der Waals surface area contributed by atoms with Crippen molar-refractivity contribution in [2.75, 3.05) is 13.2 Å². The molecule has 0 bridgehead atoms. The summed E-state index contributed by atoms with van der Waals surface area (Å²) in [5.74, 6) is 0.0845. The van der Waals surface area contributed by atoms with Crippen LogP contribution in [0.1, 0.15) is 42.7 Å². The van der Waals surface area contributed by atoms with Crippen LogP contribution >= 0.6 is 0 Å². The lowest BCUT2D eigenvalue weighted by molar-refractivity contribution is 0.143. The molecule has 4 nitrogen and oxygen atoms in total. The molecular formula is C21H22NO3. The number of hydrogen-bond acceptors (Lipinski definition) is 3. The Kier molecular flexibility index (Phi) is 5.83. The average Bonchev–Trinajstić information content (AvgIpc) is 2.97. The molecule has 2 aromatic rings. The molecular weight excluding hydrogens is 314 g/mol. The van der Waals surface area contributed by atoms with Crippen LogP contribution in [0.4, 0.5) is 4.79 Å². The Morgan fingerprint density at radius 2 is 1.60 bits per heavy atom. The summed E-state index contributed by atoms with van der Waals surface area (Å²) in [6.45, 7) is 0.898. The summed E-state index contributed by atoms with van der Waals surface area (Å²) in [4.78, 5) is 22.0. The first-order chi connectivity index (χ1) is 12.3. The summed E-state index contributed by atoms with van der Waals surface area (Å²) in [6.07, 6.45) is 4.51. The highest BCUT2D eigenvalue weighted by atomic mass is 16.5. The predicted octanol–water partition coefficient (Wildman–Crippen LogP) is 4.20. The van der Waals surface area contributed by atoms with E-state index < -0.39 is 0 Å². The van der Waals surface area contributed by atoms with E-state index in [0.29, 0.717) is 19.6 Å². The summed E-state index contributed by atoms with van der Waals surface area (Å²) < 4.78 is 5.45. The van der Waals surface area contributed by atoms with E-state index in [9.17, 15) is 9.59 Å². The molecule has 129 valence electrons. The molecule has 4 heteroatoms. The Morgan fingerprint density at radius 1 is 0.960 bits per heavy atom. The normalized spacial score (nSPS) is 12.3. The summed E-state index contributed by atoms with van der Waals surface area (Å²) in [5.41, 5.74) is 4.86. The molecule has 0 heterocycles. The summed E-state index contributed by atoms with van der Waals surface area (Å²) >= 11 is 0. The minimum absolute atomic E-state index is 0.0845. The fraction of sp³-hybridized carbons (Fsp3) is 0.333. The van der Waals surface area contributed by atoms with Gasteiger partial charge in [0.05, 0.1) is 0 Å². The molecule has 0 atom stereocenters. The monoisotopic (exact) mass is 336 g/mol. The molecule has 1 aliphatic rings. The number of carbonyl (C=O) groups excluding carboxylic acids is 2. The van der Waals surface area contributed by atoms with Gasteiger partial charge in [0.15, 0.2) is 6.29 Å². The van der Waals surface area contributed by atoms with Gasteiger partial charge in [0.1, 0.15) is 6.61 Å².